The van der Waals surface area contributed by atoms with E-state index in [4.69, 9.17) is 5.11 Å². The Bertz CT molecular complexity index is 584. The van der Waals surface area contributed by atoms with Crippen molar-refractivity contribution in [1.82, 2.24) is 4.72 Å². The van der Waals surface area contributed by atoms with Gasteiger partial charge in [-0.2, -0.15) is 0 Å². The second-order valence-electron chi connectivity index (χ2n) is 5.41. The lowest BCUT2D eigenvalue weighted by atomic mass is 9.96. The smallest absolute Gasteiger partial charge is 0.242 e. The topological polar surface area (TPSA) is 66.4 Å². The molecule has 0 aromatic carbocycles. The SMILES string of the molecule is O=S(=O)(NC1CC2CCC1C2)c1cc(CO)sc1Br. The van der Waals surface area contributed by atoms with E-state index in [1.807, 2.05) is 0 Å². The summed E-state index contributed by atoms with van der Waals surface area (Å²) in [7, 11) is -3.48. The summed E-state index contributed by atoms with van der Waals surface area (Å²) in [5.41, 5.74) is 0. The number of hydrogen-bond donors (Lipinski definition) is 2. The Kier molecular flexibility index (Phi) is 3.77. The monoisotopic (exact) mass is 365 g/mol. The van der Waals surface area contributed by atoms with Crippen molar-refractivity contribution in [2.45, 2.75) is 43.2 Å². The van der Waals surface area contributed by atoms with Gasteiger partial charge in [0.15, 0.2) is 0 Å². The van der Waals surface area contributed by atoms with Gasteiger partial charge in [-0.15, -0.1) is 11.3 Å². The quantitative estimate of drug-likeness (QED) is 0.860. The highest BCUT2D eigenvalue weighted by atomic mass is 79.9. The maximum atomic E-state index is 12.4. The van der Waals surface area contributed by atoms with Crippen molar-refractivity contribution in [1.29, 1.82) is 0 Å². The van der Waals surface area contributed by atoms with Gasteiger partial charge in [-0.3, -0.25) is 0 Å². The van der Waals surface area contributed by atoms with Crippen LogP contribution in [-0.2, 0) is 16.6 Å². The minimum absolute atomic E-state index is 0.0909. The van der Waals surface area contributed by atoms with Gasteiger partial charge < -0.3 is 5.11 Å². The fourth-order valence-corrected chi connectivity index (χ4v) is 7.17. The van der Waals surface area contributed by atoms with E-state index >= 15 is 0 Å². The zero-order chi connectivity index (χ0) is 13.6. The minimum Gasteiger partial charge on any atom is -0.391 e. The molecule has 106 valence electrons. The Balaban J connectivity index is 1.80. The lowest BCUT2D eigenvalue weighted by Crippen LogP contribution is -2.38. The van der Waals surface area contributed by atoms with Crippen LogP contribution in [0.1, 0.15) is 30.6 Å². The van der Waals surface area contributed by atoms with E-state index in [1.54, 1.807) is 6.07 Å². The molecule has 2 aliphatic carbocycles. The molecule has 2 aliphatic rings. The third-order valence-electron chi connectivity index (χ3n) is 4.20. The summed E-state index contributed by atoms with van der Waals surface area (Å²) >= 11 is 4.53. The van der Waals surface area contributed by atoms with E-state index in [0.717, 1.165) is 12.8 Å². The van der Waals surface area contributed by atoms with E-state index in [9.17, 15) is 8.42 Å². The second-order valence-corrected chi connectivity index (χ2v) is 9.55. The first-order valence-corrected chi connectivity index (χ1v) is 9.50. The molecule has 3 atom stereocenters. The first kappa shape index (κ1) is 14.0. The number of rotatable bonds is 4. The molecule has 3 unspecified atom stereocenters. The minimum atomic E-state index is -3.48. The lowest BCUT2D eigenvalue weighted by molar-refractivity contribution is 0.285. The molecule has 1 aromatic heterocycles. The summed E-state index contributed by atoms with van der Waals surface area (Å²) < 4.78 is 28.2. The number of halogens is 1. The Morgan fingerprint density at radius 1 is 1.42 bits per heavy atom. The molecule has 3 rings (SSSR count). The fourth-order valence-electron chi connectivity index (χ4n) is 3.31. The summed E-state index contributed by atoms with van der Waals surface area (Å²) in [6, 6.07) is 1.64. The van der Waals surface area contributed by atoms with Gasteiger partial charge in [0.1, 0.15) is 4.90 Å². The molecule has 2 N–H and O–H groups in total. The maximum absolute atomic E-state index is 12.4. The predicted molar refractivity (Wildman–Crippen MR) is 77.5 cm³/mol. The Labute approximate surface area is 125 Å². The average molecular weight is 366 g/mol. The van der Waals surface area contributed by atoms with Crippen LogP contribution in [-0.4, -0.2) is 19.6 Å². The standard InChI is InChI=1S/C12H16BrNO3S2/c13-12-11(5-9(6-15)18-12)19(16,17)14-10-4-7-1-2-8(10)3-7/h5,7-8,10,14-15H,1-4,6H2. The van der Waals surface area contributed by atoms with Crippen molar-refractivity contribution >= 4 is 37.3 Å². The Hall–Kier alpha value is 0.0500. The predicted octanol–water partition coefficient (Wildman–Crippen LogP) is 2.47. The number of aliphatic hydroxyl groups excluding tert-OH is 1. The highest BCUT2D eigenvalue weighted by Crippen LogP contribution is 2.45. The number of nitrogens with one attached hydrogen (secondary N) is 1. The molecule has 7 heteroatoms. The third kappa shape index (κ3) is 2.63. The summed E-state index contributed by atoms with van der Waals surface area (Å²) in [6.45, 7) is -0.132. The highest BCUT2D eigenvalue weighted by Gasteiger charge is 2.41. The number of hydrogen-bond acceptors (Lipinski definition) is 4. The van der Waals surface area contributed by atoms with E-state index in [-0.39, 0.29) is 17.5 Å². The van der Waals surface area contributed by atoms with Crippen LogP contribution < -0.4 is 4.72 Å². The molecule has 1 aromatic rings. The molecule has 2 saturated carbocycles. The van der Waals surface area contributed by atoms with Gasteiger partial charge in [-0.25, -0.2) is 13.1 Å². The molecule has 0 radical (unpaired) electrons. The van der Waals surface area contributed by atoms with E-state index in [2.05, 4.69) is 20.7 Å². The number of aliphatic hydroxyl groups is 1. The first-order chi connectivity index (χ1) is 8.99. The van der Waals surface area contributed by atoms with Crippen LogP contribution in [0.25, 0.3) is 0 Å². The van der Waals surface area contributed by atoms with Gasteiger partial charge >= 0.3 is 0 Å². The van der Waals surface area contributed by atoms with Crippen LogP contribution in [0.4, 0.5) is 0 Å². The van der Waals surface area contributed by atoms with Crippen LogP contribution in [0, 0.1) is 11.8 Å². The number of thiophene rings is 1. The van der Waals surface area contributed by atoms with Gasteiger partial charge in [-0.05, 0) is 53.1 Å². The van der Waals surface area contributed by atoms with Crippen LogP contribution >= 0.6 is 27.3 Å². The van der Waals surface area contributed by atoms with Crippen molar-refractivity contribution in [2.24, 2.45) is 11.8 Å². The molecule has 2 bridgehead atoms. The molecule has 2 fully saturated rings. The summed E-state index contributed by atoms with van der Waals surface area (Å²) in [6.07, 6.45) is 4.53. The van der Waals surface area contributed by atoms with E-state index < -0.39 is 10.0 Å². The van der Waals surface area contributed by atoms with Crippen molar-refractivity contribution < 1.29 is 13.5 Å². The van der Waals surface area contributed by atoms with E-state index in [1.165, 1.54) is 24.2 Å². The number of sulfonamides is 1. The van der Waals surface area contributed by atoms with Gasteiger partial charge in [0, 0.05) is 10.9 Å². The molecule has 0 aliphatic heterocycles. The van der Waals surface area contributed by atoms with Crippen LogP contribution in [0.15, 0.2) is 14.7 Å². The largest absolute Gasteiger partial charge is 0.391 e. The van der Waals surface area contributed by atoms with Gasteiger partial charge in [0.2, 0.25) is 10.0 Å². The van der Waals surface area contributed by atoms with Gasteiger partial charge in [0.25, 0.3) is 0 Å². The van der Waals surface area contributed by atoms with Crippen molar-refractivity contribution in [3.63, 3.8) is 0 Å². The fraction of sp³-hybridized carbons (Fsp3) is 0.667. The molecular formula is C12H16BrNO3S2. The normalized spacial score (nSPS) is 30.1. The van der Waals surface area contributed by atoms with E-state index in [0.29, 0.717) is 20.5 Å². The van der Waals surface area contributed by atoms with Crippen LogP contribution in [0.5, 0.6) is 0 Å². The average Bonchev–Trinajstić information content (AvgIpc) is 3.02. The first-order valence-electron chi connectivity index (χ1n) is 6.41. The molecule has 0 saturated heterocycles. The zero-order valence-corrected chi connectivity index (χ0v) is 13.5. The van der Waals surface area contributed by atoms with Gasteiger partial charge in [-0.1, -0.05) is 6.42 Å². The third-order valence-corrected chi connectivity index (χ3v) is 7.92. The molecule has 1 heterocycles. The Morgan fingerprint density at radius 2 is 2.21 bits per heavy atom. The number of fused-ring (bicyclic) bond motifs is 2. The van der Waals surface area contributed by atoms with Crippen molar-refractivity contribution in [3.05, 3.63) is 14.7 Å². The van der Waals surface area contributed by atoms with Crippen molar-refractivity contribution in [3.8, 4) is 0 Å². The molecule has 4 nitrogen and oxygen atoms in total. The molecule has 0 amide bonds. The molecule has 19 heavy (non-hydrogen) atoms. The lowest BCUT2D eigenvalue weighted by Gasteiger charge is -2.22. The Morgan fingerprint density at radius 3 is 2.74 bits per heavy atom. The highest BCUT2D eigenvalue weighted by molar-refractivity contribution is 9.11. The summed E-state index contributed by atoms with van der Waals surface area (Å²) in [4.78, 5) is 0.907. The maximum Gasteiger partial charge on any atom is 0.242 e. The zero-order valence-electron chi connectivity index (χ0n) is 10.3. The molecular weight excluding hydrogens is 350 g/mol. The van der Waals surface area contributed by atoms with Gasteiger partial charge in [0.05, 0.1) is 10.4 Å². The summed E-state index contributed by atoms with van der Waals surface area (Å²) in [5.74, 6) is 1.21. The summed E-state index contributed by atoms with van der Waals surface area (Å²) in [5, 5.41) is 9.09. The van der Waals surface area contributed by atoms with Crippen LogP contribution in [0.2, 0.25) is 0 Å². The second kappa shape index (κ2) is 5.11. The molecule has 0 spiro atoms. The van der Waals surface area contributed by atoms with Crippen LogP contribution in [0.3, 0.4) is 0 Å². The van der Waals surface area contributed by atoms with Crippen molar-refractivity contribution in [2.75, 3.05) is 0 Å².